The summed E-state index contributed by atoms with van der Waals surface area (Å²) >= 11 is 0. The monoisotopic (exact) mass is 308 g/mol. The van der Waals surface area contributed by atoms with Gasteiger partial charge in [-0.05, 0) is 83.0 Å². The van der Waals surface area contributed by atoms with Gasteiger partial charge in [0.1, 0.15) is 0 Å². The molecule has 4 bridgehead atoms. The van der Waals surface area contributed by atoms with Crippen LogP contribution >= 0.6 is 0 Å². The van der Waals surface area contributed by atoms with Crippen molar-refractivity contribution in [3.8, 4) is 0 Å². The van der Waals surface area contributed by atoms with Gasteiger partial charge in [0, 0.05) is 0 Å². The van der Waals surface area contributed by atoms with Crippen molar-refractivity contribution in [2.45, 2.75) is 103 Å². The molecule has 0 aromatic heterocycles. The number of ether oxygens (including phenoxy) is 2. The van der Waals surface area contributed by atoms with Crippen molar-refractivity contribution in [2.75, 3.05) is 6.61 Å². The van der Waals surface area contributed by atoms with Gasteiger partial charge in [-0.2, -0.15) is 0 Å². The lowest BCUT2D eigenvalue weighted by molar-refractivity contribution is -0.0632. The van der Waals surface area contributed by atoms with Crippen LogP contribution in [0.25, 0.3) is 0 Å². The molecule has 5 fully saturated rings. The highest BCUT2D eigenvalue weighted by Crippen LogP contribution is 2.53. The molecule has 1 atom stereocenters. The van der Waals surface area contributed by atoms with E-state index in [0.717, 1.165) is 18.4 Å². The van der Waals surface area contributed by atoms with Gasteiger partial charge >= 0.3 is 0 Å². The summed E-state index contributed by atoms with van der Waals surface area (Å²) in [5, 5.41) is 0. The Morgan fingerprint density at radius 1 is 0.864 bits per heavy atom. The molecule has 22 heavy (non-hydrogen) atoms. The van der Waals surface area contributed by atoms with Crippen molar-refractivity contribution in [1.29, 1.82) is 0 Å². The van der Waals surface area contributed by atoms with Gasteiger partial charge < -0.3 is 9.47 Å². The SMILES string of the molecule is CC(C)C12CCC(C)(CC1)O2.CC1COC2(C)CCC1CC2. The second kappa shape index (κ2) is 5.77. The average molecular weight is 309 g/mol. The van der Waals surface area contributed by atoms with Crippen LogP contribution in [-0.4, -0.2) is 23.4 Å². The van der Waals surface area contributed by atoms with E-state index in [4.69, 9.17) is 9.47 Å². The maximum atomic E-state index is 6.11. The summed E-state index contributed by atoms with van der Waals surface area (Å²) in [6.45, 7) is 12.5. The molecular formula is C20H36O2. The topological polar surface area (TPSA) is 18.5 Å². The lowest BCUT2D eigenvalue weighted by Crippen LogP contribution is -2.31. The third kappa shape index (κ3) is 3.11. The summed E-state index contributed by atoms with van der Waals surface area (Å²) < 4.78 is 12.0. The molecule has 0 spiro atoms. The Balaban J connectivity index is 0.000000131. The predicted molar refractivity (Wildman–Crippen MR) is 91.0 cm³/mol. The van der Waals surface area contributed by atoms with Crippen LogP contribution in [0.15, 0.2) is 0 Å². The van der Waals surface area contributed by atoms with Crippen molar-refractivity contribution in [3.63, 3.8) is 0 Å². The molecule has 0 N–H and O–H groups in total. The van der Waals surface area contributed by atoms with Gasteiger partial charge in [0.2, 0.25) is 0 Å². The van der Waals surface area contributed by atoms with Crippen LogP contribution in [0.1, 0.15) is 86.0 Å². The molecule has 128 valence electrons. The van der Waals surface area contributed by atoms with Crippen LogP contribution in [-0.2, 0) is 9.47 Å². The minimum atomic E-state index is 0.251. The Morgan fingerprint density at radius 3 is 1.86 bits per heavy atom. The van der Waals surface area contributed by atoms with Crippen LogP contribution in [0.3, 0.4) is 0 Å². The normalized spacial score (nSPS) is 49.9. The van der Waals surface area contributed by atoms with Crippen LogP contribution in [0.5, 0.6) is 0 Å². The number of fused-ring (bicyclic) bond motifs is 6. The average Bonchev–Trinajstić information content (AvgIpc) is 2.92. The maximum absolute atomic E-state index is 6.11. The smallest absolute Gasteiger partial charge is 0.0714 e. The van der Waals surface area contributed by atoms with Gasteiger partial charge in [-0.25, -0.2) is 0 Å². The van der Waals surface area contributed by atoms with Gasteiger partial charge in [-0.15, -0.1) is 0 Å². The van der Waals surface area contributed by atoms with Crippen LogP contribution in [0.2, 0.25) is 0 Å². The first-order valence-corrected chi connectivity index (χ1v) is 9.60. The van der Waals surface area contributed by atoms with Crippen molar-refractivity contribution >= 4 is 0 Å². The number of hydrogen-bond donors (Lipinski definition) is 0. The van der Waals surface area contributed by atoms with Crippen LogP contribution < -0.4 is 0 Å². The van der Waals surface area contributed by atoms with E-state index in [0.29, 0.717) is 5.92 Å². The highest BCUT2D eigenvalue weighted by atomic mass is 16.5. The van der Waals surface area contributed by atoms with E-state index < -0.39 is 0 Å². The molecule has 0 amide bonds. The third-order valence-electron chi connectivity index (χ3n) is 7.24. The zero-order valence-corrected chi connectivity index (χ0v) is 15.4. The highest BCUT2D eigenvalue weighted by Gasteiger charge is 2.54. The van der Waals surface area contributed by atoms with E-state index in [1.807, 2.05) is 0 Å². The van der Waals surface area contributed by atoms with Gasteiger partial charge in [0.25, 0.3) is 0 Å². The fraction of sp³-hybridized carbons (Fsp3) is 1.00. The molecular weight excluding hydrogens is 272 g/mol. The minimum Gasteiger partial charge on any atom is -0.375 e. The van der Waals surface area contributed by atoms with Crippen molar-refractivity contribution in [2.24, 2.45) is 17.8 Å². The Labute approximate surface area is 137 Å². The molecule has 4 saturated heterocycles. The van der Waals surface area contributed by atoms with Crippen LogP contribution in [0.4, 0.5) is 0 Å². The molecule has 2 heteroatoms. The second-order valence-electron chi connectivity index (χ2n) is 9.35. The largest absolute Gasteiger partial charge is 0.375 e. The highest BCUT2D eigenvalue weighted by molar-refractivity contribution is 5.04. The van der Waals surface area contributed by atoms with Crippen molar-refractivity contribution < 1.29 is 9.47 Å². The zero-order chi connectivity index (χ0) is 16.0. The predicted octanol–water partition coefficient (Wildman–Crippen LogP) is 5.35. The van der Waals surface area contributed by atoms with Gasteiger partial charge in [-0.1, -0.05) is 20.8 Å². The van der Waals surface area contributed by atoms with Gasteiger partial charge in [0.05, 0.1) is 23.4 Å². The fourth-order valence-corrected chi connectivity index (χ4v) is 5.02. The molecule has 5 aliphatic rings. The van der Waals surface area contributed by atoms with Gasteiger partial charge in [0.15, 0.2) is 0 Å². The first-order valence-electron chi connectivity index (χ1n) is 9.60. The number of rotatable bonds is 1. The molecule has 1 saturated carbocycles. The van der Waals surface area contributed by atoms with E-state index in [1.165, 1.54) is 51.4 Å². The van der Waals surface area contributed by atoms with E-state index in [2.05, 4.69) is 34.6 Å². The fourth-order valence-electron chi connectivity index (χ4n) is 5.02. The van der Waals surface area contributed by atoms with E-state index >= 15 is 0 Å². The maximum Gasteiger partial charge on any atom is 0.0714 e. The molecule has 4 heterocycles. The Morgan fingerprint density at radius 2 is 1.45 bits per heavy atom. The molecule has 5 rings (SSSR count). The Hall–Kier alpha value is -0.0800. The summed E-state index contributed by atoms with van der Waals surface area (Å²) in [7, 11) is 0. The summed E-state index contributed by atoms with van der Waals surface area (Å²) in [6.07, 6.45) is 10.5. The minimum absolute atomic E-state index is 0.251. The van der Waals surface area contributed by atoms with Crippen molar-refractivity contribution in [1.82, 2.24) is 0 Å². The first-order chi connectivity index (χ1) is 10.3. The summed E-state index contributed by atoms with van der Waals surface area (Å²) in [6, 6.07) is 0. The van der Waals surface area contributed by atoms with E-state index in [-0.39, 0.29) is 16.8 Å². The standard InChI is InChI=1S/2C10H18O/c1-8(2)10-6-4-9(3,11-10)5-7-10;1-8-7-11-10(2)5-3-9(8)4-6-10/h8H,4-7H2,1-3H3;8-9H,3-7H2,1-2H3. The molecule has 1 unspecified atom stereocenters. The van der Waals surface area contributed by atoms with E-state index in [1.54, 1.807) is 0 Å². The summed E-state index contributed by atoms with van der Waals surface area (Å²) in [4.78, 5) is 0. The van der Waals surface area contributed by atoms with Crippen molar-refractivity contribution in [3.05, 3.63) is 0 Å². The summed E-state index contributed by atoms with van der Waals surface area (Å²) in [5.41, 5.74) is 0.778. The quantitative estimate of drug-likeness (QED) is 0.650. The molecule has 0 aromatic rings. The third-order valence-corrected chi connectivity index (χ3v) is 7.24. The molecule has 0 aromatic carbocycles. The molecule has 1 aliphatic carbocycles. The Bertz CT molecular complexity index is 385. The van der Waals surface area contributed by atoms with Gasteiger partial charge in [-0.3, -0.25) is 0 Å². The molecule has 2 nitrogen and oxygen atoms in total. The molecule has 4 aliphatic heterocycles. The number of hydrogen-bond acceptors (Lipinski definition) is 2. The van der Waals surface area contributed by atoms with Crippen LogP contribution in [0, 0.1) is 17.8 Å². The molecule has 0 radical (unpaired) electrons. The lowest BCUT2D eigenvalue weighted by atomic mass is 9.77. The lowest BCUT2D eigenvalue weighted by Gasteiger charge is -2.32. The second-order valence-corrected chi connectivity index (χ2v) is 9.35. The first kappa shape index (κ1) is 16.8. The summed E-state index contributed by atoms with van der Waals surface area (Å²) in [5.74, 6) is 2.47. The zero-order valence-electron chi connectivity index (χ0n) is 15.4. The Kier molecular flexibility index (Phi) is 4.40. The van der Waals surface area contributed by atoms with E-state index in [9.17, 15) is 0 Å².